The largest absolute Gasteiger partial charge is 0.468 e. The number of carbonyl (C=O) groups excluding carboxylic acids is 3. The van der Waals surface area contributed by atoms with E-state index in [1.807, 2.05) is 0 Å². The molecule has 0 radical (unpaired) electrons. The minimum absolute atomic E-state index is 0.0598. The Balaban J connectivity index is 4.37. The lowest BCUT2D eigenvalue weighted by atomic mass is 10.4. The third kappa shape index (κ3) is 5.81. The normalized spacial score (nSPS) is 9.29. The molecule has 0 bridgehead atoms. The Hall–Kier alpha value is -1.70. The summed E-state index contributed by atoms with van der Waals surface area (Å²) in [5.74, 6) is -2.28. The number of nitrogens with one attached hydrogen (secondary N) is 1. The van der Waals surface area contributed by atoms with Crippen molar-refractivity contribution >= 4 is 35.0 Å². The molecule has 0 aliphatic carbocycles. The smallest absolute Gasteiger partial charge is 0.325 e. The third-order valence-corrected chi connectivity index (χ3v) is 1.98. The van der Waals surface area contributed by atoms with Crippen molar-refractivity contribution in [3.05, 3.63) is 0 Å². The molecule has 17 heavy (non-hydrogen) atoms. The first-order chi connectivity index (χ1) is 7.92. The summed E-state index contributed by atoms with van der Waals surface area (Å²) in [6.07, 6.45) is 0. The Morgan fingerprint density at radius 2 is 2.00 bits per heavy atom. The Morgan fingerprint density at radius 1 is 1.41 bits per heavy atom. The maximum Gasteiger partial charge on any atom is 0.325 e. The molecule has 7 nitrogen and oxygen atoms in total. The van der Waals surface area contributed by atoms with Crippen LogP contribution in [0.5, 0.6) is 0 Å². The molecule has 0 saturated heterocycles. The van der Waals surface area contributed by atoms with E-state index in [9.17, 15) is 14.4 Å². The predicted molar refractivity (Wildman–Crippen MR) is 64.1 cm³/mol. The lowest BCUT2D eigenvalue weighted by Crippen LogP contribution is -2.46. The van der Waals surface area contributed by atoms with E-state index in [2.05, 4.69) is 22.3 Å². The van der Waals surface area contributed by atoms with E-state index >= 15 is 0 Å². The molecule has 96 valence electrons. The van der Waals surface area contributed by atoms with Gasteiger partial charge in [0.05, 0.1) is 18.6 Å². The summed E-state index contributed by atoms with van der Waals surface area (Å²) in [5, 5.41) is 2.24. The molecule has 0 aromatic carbocycles. The molecule has 0 aromatic rings. The van der Waals surface area contributed by atoms with Gasteiger partial charge in [-0.2, -0.15) is 0 Å². The van der Waals surface area contributed by atoms with Gasteiger partial charge in [0, 0.05) is 6.54 Å². The van der Waals surface area contributed by atoms with Gasteiger partial charge < -0.3 is 20.7 Å². The number of methoxy groups -OCH3 is 1. The fraction of sp³-hybridized carbons (Fsp3) is 0.556. The average molecular weight is 261 g/mol. The molecular weight excluding hydrogens is 246 g/mol. The fourth-order valence-corrected chi connectivity index (χ4v) is 1.01. The van der Waals surface area contributed by atoms with Gasteiger partial charge >= 0.3 is 17.8 Å². The minimum Gasteiger partial charge on any atom is -0.468 e. The lowest BCUT2D eigenvalue weighted by Gasteiger charge is -2.18. The maximum absolute atomic E-state index is 11.6. The molecule has 3 N–H and O–H groups in total. The Labute approximate surface area is 104 Å². The van der Waals surface area contributed by atoms with Gasteiger partial charge in [0.1, 0.15) is 6.54 Å². The van der Waals surface area contributed by atoms with Crippen LogP contribution in [0.25, 0.3) is 0 Å². The third-order valence-electron chi connectivity index (χ3n) is 1.83. The van der Waals surface area contributed by atoms with E-state index in [1.54, 1.807) is 6.92 Å². The van der Waals surface area contributed by atoms with E-state index in [-0.39, 0.29) is 24.6 Å². The number of hydrogen-bond acceptors (Lipinski definition) is 5. The van der Waals surface area contributed by atoms with Crippen molar-refractivity contribution < 1.29 is 19.1 Å². The highest BCUT2D eigenvalue weighted by molar-refractivity contribution is 7.80. The zero-order chi connectivity index (χ0) is 13.4. The highest BCUT2D eigenvalue weighted by atomic mass is 32.1. The average Bonchev–Trinajstić information content (AvgIpc) is 2.31. The van der Waals surface area contributed by atoms with Crippen LogP contribution in [0.15, 0.2) is 0 Å². The van der Waals surface area contributed by atoms with E-state index in [1.165, 1.54) is 7.11 Å². The molecule has 0 spiro atoms. The minimum atomic E-state index is -0.858. The van der Waals surface area contributed by atoms with Gasteiger partial charge in [-0.1, -0.05) is 12.2 Å². The second kappa shape index (κ2) is 7.55. The Morgan fingerprint density at radius 3 is 2.41 bits per heavy atom. The van der Waals surface area contributed by atoms with Crippen LogP contribution in [-0.2, 0) is 19.1 Å². The van der Waals surface area contributed by atoms with Crippen molar-refractivity contribution in [2.24, 2.45) is 5.73 Å². The van der Waals surface area contributed by atoms with Crippen molar-refractivity contribution in [3.8, 4) is 0 Å². The Bertz CT molecular complexity index is 332. The summed E-state index contributed by atoms with van der Waals surface area (Å²) in [6.45, 7) is 1.53. The van der Waals surface area contributed by atoms with Crippen molar-refractivity contribution in [3.63, 3.8) is 0 Å². The standard InChI is InChI=1S/C9H15N3O4S/c1-3-12(5-7(13)16-2)9(15)8(14)11-4-6(10)17/h3-5H2,1-2H3,(H2,10,17)(H,11,14). The number of carbonyl (C=O) groups is 3. The summed E-state index contributed by atoms with van der Waals surface area (Å²) in [5.41, 5.74) is 5.17. The molecule has 2 amide bonds. The van der Waals surface area contributed by atoms with Crippen LogP contribution in [0.2, 0.25) is 0 Å². The number of rotatable bonds is 5. The second-order valence-corrected chi connectivity index (χ2v) is 3.57. The summed E-state index contributed by atoms with van der Waals surface area (Å²) in [6, 6.07) is 0. The maximum atomic E-state index is 11.6. The molecule has 0 aromatic heterocycles. The first kappa shape index (κ1) is 15.3. The van der Waals surface area contributed by atoms with E-state index < -0.39 is 17.8 Å². The molecule has 0 rings (SSSR count). The predicted octanol–water partition coefficient (Wildman–Crippen LogP) is -1.59. The van der Waals surface area contributed by atoms with Gasteiger partial charge in [-0.05, 0) is 6.92 Å². The highest BCUT2D eigenvalue weighted by Crippen LogP contribution is 1.91. The van der Waals surface area contributed by atoms with Gasteiger partial charge in [0.2, 0.25) is 0 Å². The first-order valence-electron chi connectivity index (χ1n) is 4.84. The van der Waals surface area contributed by atoms with E-state index in [0.29, 0.717) is 0 Å². The molecule has 0 aliphatic rings. The van der Waals surface area contributed by atoms with Crippen LogP contribution in [0.1, 0.15) is 6.92 Å². The number of nitrogens with two attached hydrogens (primary N) is 1. The molecule has 0 saturated carbocycles. The number of likely N-dealkylation sites (N-methyl/N-ethyl adjacent to an activating group) is 1. The van der Waals surface area contributed by atoms with Crippen LogP contribution in [0.4, 0.5) is 0 Å². The number of thiocarbonyl (C=S) groups is 1. The molecule has 0 heterocycles. The van der Waals surface area contributed by atoms with Crippen molar-refractivity contribution in [1.29, 1.82) is 0 Å². The molecule has 0 fully saturated rings. The SMILES string of the molecule is CCN(CC(=O)OC)C(=O)C(=O)NCC(N)=S. The van der Waals surface area contributed by atoms with Crippen LogP contribution < -0.4 is 11.1 Å². The van der Waals surface area contributed by atoms with Crippen LogP contribution in [0, 0.1) is 0 Å². The molecular formula is C9H15N3O4S. The Kier molecular flexibility index (Phi) is 6.80. The number of nitrogens with zero attached hydrogens (tertiary/aromatic N) is 1. The van der Waals surface area contributed by atoms with Crippen LogP contribution >= 0.6 is 12.2 Å². The molecule has 8 heteroatoms. The monoisotopic (exact) mass is 261 g/mol. The van der Waals surface area contributed by atoms with Crippen molar-refractivity contribution in [1.82, 2.24) is 10.2 Å². The van der Waals surface area contributed by atoms with Crippen LogP contribution in [0.3, 0.4) is 0 Å². The zero-order valence-electron chi connectivity index (χ0n) is 9.69. The van der Waals surface area contributed by atoms with Crippen molar-refractivity contribution in [2.45, 2.75) is 6.92 Å². The quantitative estimate of drug-likeness (QED) is 0.351. The lowest BCUT2D eigenvalue weighted by molar-refractivity contribution is -0.151. The number of ether oxygens (including phenoxy) is 1. The first-order valence-corrected chi connectivity index (χ1v) is 5.25. The zero-order valence-corrected chi connectivity index (χ0v) is 10.5. The fourth-order valence-electron chi connectivity index (χ4n) is 0.934. The number of hydrogen-bond donors (Lipinski definition) is 2. The van der Waals surface area contributed by atoms with Crippen molar-refractivity contribution in [2.75, 3.05) is 26.7 Å². The van der Waals surface area contributed by atoms with E-state index in [4.69, 9.17) is 5.73 Å². The second-order valence-electron chi connectivity index (χ2n) is 3.04. The molecule has 0 atom stereocenters. The summed E-state index contributed by atoms with van der Waals surface area (Å²) >= 11 is 4.55. The summed E-state index contributed by atoms with van der Waals surface area (Å²) in [4.78, 5) is 35.0. The van der Waals surface area contributed by atoms with Gasteiger partial charge in [-0.15, -0.1) is 0 Å². The van der Waals surface area contributed by atoms with Gasteiger partial charge in [-0.3, -0.25) is 14.4 Å². The van der Waals surface area contributed by atoms with Gasteiger partial charge in [0.25, 0.3) is 0 Å². The molecule has 0 aliphatic heterocycles. The van der Waals surface area contributed by atoms with Gasteiger partial charge in [0.15, 0.2) is 0 Å². The number of amides is 2. The van der Waals surface area contributed by atoms with Gasteiger partial charge in [-0.25, -0.2) is 0 Å². The summed E-state index contributed by atoms with van der Waals surface area (Å²) in [7, 11) is 1.20. The molecule has 0 unspecified atom stereocenters. The highest BCUT2D eigenvalue weighted by Gasteiger charge is 2.22. The summed E-state index contributed by atoms with van der Waals surface area (Å²) < 4.78 is 4.41. The van der Waals surface area contributed by atoms with E-state index in [0.717, 1.165) is 4.90 Å². The topological polar surface area (TPSA) is 102 Å². The van der Waals surface area contributed by atoms with Crippen LogP contribution in [-0.4, -0.2) is 54.4 Å². The number of esters is 1.